The van der Waals surface area contributed by atoms with Gasteiger partial charge in [-0.2, -0.15) is 0 Å². The molecule has 0 unspecified atom stereocenters. The predicted octanol–water partition coefficient (Wildman–Crippen LogP) is 1.50. The molecule has 84 valence electrons. The Morgan fingerprint density at radius 1 is 1.33 bits per heavy atom. The van der Waals surface area contributed by atoms with Crippen molar-refractivity contribution in [3.63, 3.8) is 0 Å². The third-order valence-corrected chi connectivity index (χ3v) is 2.01. The summed E-state index contributed by atoms with van der Waals surface area (Å²) >= 11 is 0. The van der Waals surface area contributed by atoms with Gasteiger partial charge in [0.1, 0.15) is 0 Å². The summed E-state index contributed by atoms with van der Waals surface area (Å²) in [6.07, 6.45) is 0.618. The van der Waals surface area contributed by atoms with Crippen LogP contribution in [-0.2, 0) is 0 Å². The van der Waals surface area contributed by atoms with Crippen LogP contribution in [0.25, 0.3) is 0 Å². The number of hydrogen-bond acceptors (Lipinski definition) is 4. The Hall–Kier alpha value is -1.42. The van der Waals surface area contributed by atoms with Gasteiger partial charge in [0, 0.05) is 31.8 Å². The first-order valence-electron chi connectivity index (χ1n) is 4.91. The van der Waals surface area contributed by atoms with Crippen molar-refractivity contribution in [1.29, 1.82) is 0 Å². The molecule has 1 aromatic carbocycles. The molecule has 4 heteroatoms. The van der Waals surface area contributed by atoms with Crippen LogP contribution in [0.15, 0.2) is 18.2 Å². The van der Waals surface area contributed by atoms with Gasteiger partial charge in [-0.15, -0.1) is 0 Å². The second-order valence-electron chi connectivity index (χ2n) is 3.04. The van der Waals surface area contributed by atoms with Crippen LogP contribution < -0.4 is 14.8 Å². The van der Waals surface area contributed by atoms with Crippen molar-refractivity contribution >= 4 is 5.69 Å². The van der Waals surface area contributed by atoms with E-state index in [1.807, 2.05) is 25.2 Å². The number of hydrogen-bond donors (Lipinski definition) is 2. The minimum Gasteiger partial charge on any atom is -0.493 e. The van der Waals surface area contributed by atoms with Crippen molar-refractivity contribution < 1.29 is 14.6 Å². The summed E-state index contributed by atoms with van der Waals surface area (Å²) in [6.45, 7) is 0.619. The van der Waals surface area contributed by atoms with Gasteiger partial charge in [0.25, 0.3) is 0 Å². The first-order chi connectivity index (χ1) is 7.31. The zero-order valence-electron chi connectivity index (χ0n) is 9.12. The highest BCUT2D eigenvalue weighted by Gasteiger charge is 2.04. The molecule has 0 fully saturated rings. The van der Waals surface area contributed by atoms with Crippen LogP contribution in [0.3, 0.4) is 0 Å². The maximum atomic E-state index is 8.65. The fraction of sp³-hybridized carbons (Fsp3) is 0.455. The Morgan fingerprint density at radius 3 is 2.73 bits per heavy atom. The lowest BCUT2D eigenvalue weighted by Gasteiger charge is -2.11. The summed E-state index contributed by atoms with van der Waals surface area (Å²) in [5.41, 5.74) is 0.967. The molecule has 0 amide bonds. The van der Waals surface area contributed by atoms with E-state index in [1.54, 1.807) is 7.11 Å². The van der Waals surface area contributed by atoms with Gasteiger partial charge in [-0.3, -0.25) is 0 Å². The number of anilines is 1. The smallest absolute Gasteiger partial charge is 0.163 e. The molecule has 0 atom stereocenters. The second kappa shape index (κ2) is 6.14. The first-order valence-corrected chi connectivity index (χ1v) is 4.91. The van der Waals surface area contributed by atoms with Crippen LogP contribution in [0.2, 0.25) is 0 Å². The SMILES string of the molecule is CNc1ccc(OC)c(OCCCO)c1. The number of rotatable bonds is 6. The first kappa shape index (κ1) is 11.7. The van der Waals surface area contributed by atoms with Crippen molar-refractivity contribution in [2.24, 2.45) is 0 Å². The van der Waals surface area contributed by atoms with Crippen LogP contribution >= 0.6 is 0 Å². The number of benzene rings is 1. The number of nitrogens with one attached hydrogen (secondary N) is 1. The van der Waals surface area contributed by atoms with Crippen molar-refractivity contribution in [3.05, 3.63) is 18.2 Å². The average Bonchev–Trinajstić information content (AvgIpc) is 2.29. The van der Waals surface area contributed by atoms with Gasteiger partial charge in [-0.25, -0.2) is 0 Å². The summed E-state index contributed by atoms with van der Waals surface area (Å²) in [5.74, 6) is 1.39. The third-order valence-electron chi connectivity index (χ3n) is 2.01. The lowest BCUT2D eigenvalue weighted by molar-refractivity contribution is 0.228. The second-order valence-corrected chi connectivity index (χ2v) is 3.04. The van der Waals surface area contributed by atoms with E-state index in [9.17, 15) is 0 Å². The van der Waals surface area contributed by atoms with Crippen LogP contribution in [0.4, 0.5) is 5.69 Å². The number of aliphatic hydroxyl groups is 1. The van der Waals surface area contributed by atoms with Crippen LogP contribution in [0, 0.1) is 0 Å². The minimum absolute atomic E-state index is 0.133. The molecule has 4 nitrogen and oxygen atoms in total. The molecule has 2 N–H and O–H groups in total. The van der Waals surface area contributed by atoms with Gasteiger partial charge in [0.2, 0.25) is 0 Å². The van der Waals surface area contributed by atoms with Gasteiger partial charge in [0.05, 0.1) is 13.7 Å². The Kier molecular flexibility index (Phi) is 4.77. The van der Waals surface area contributed by atoms with E-state index in [0.29, 0.717) is 24.5 Å². The van der Waals surface area contributed by atoms with Gasteiger partial charge < -0.3 is 19.9 Å². The van der Waals surface area contributed by atoms with Crippen molar-refractivity contribution in [3.8, 4) is 11.5 Å². The lowest BCUT2D eigenvalue weighted by atomic mass is 10.3. The fourth-order valence-corrected chi connectivity index (χ4v) is 1.19. The minimum atomic E-state index is 0.133. The molecule has 0 aliphatic heterocycles. The topological polar surface area (TPSA) is 50.7 Å². The summed E-state index contributed by atoms with van der Waals surface area (Å²) < 4.78 is 10.6. The van der Waals surface area contributed by atoms with E-state index >= 15 is 0 Å². The molecule has 1 aromatic rings. The number of ether oxygens (including phenoxy) is 2. The monoisotopic (exact) mass is 211 g/mol. The Bertz CT molecular complexity index is 302. The largest absolute Gasteiger partial charge is 0.493 e. The molecule has 0 spiro atoms. The maximum absolute atomic E-state index is 8.65. The van der Waals surface area contributed by atoms with Gasteiger partial charge in [-0.05, 0) is 12.1 Å². The van der Waals surface area contributed by atoms with E-state index in [4.69, 9.17) is 14.6 Å². The highest BCUT2D eigenvalue weighted by atomic mass is 16.5. The molecular formula is C11H17NO3. The standard InChI is InChI=1S/C11H17NO3/c1-12-9-4-5-10(14-2)11(8-9)15-7-3-6-13/h4-5,8,12-13H,3,6-7H2,1-2H3. The van der Waals surface area contributed by atoms with Crippen molar-refractivity contribution in [2.45, 2.75) is 6.42 Å². The van der Waals surface area contributed by atoms with E-state index < -0.39 is 0 Å². The average molecular weight is 211 g/mol. The fourth-order valence-electron chi connectivity index (χ4n) is 1.19. The Morgan fingerprint density at radius 2 is 2.13 bits per heavy atom. The zero-order chi connectivity index (χ0) is 11.1. The Labute approximate surface area is 89.8 Å². The molecule has 0 heterocycles. The highest BCUT2D eigenvalue weighted by molar-refractivity contribution is 5.54. The van der Waals surface area contributed by atoms with Crippen LogP contribution in [-0.4, -0.2) is 32.5 Å². The summed E-state index contributed by atoms with van der Waals surface area (Å²) in [4.78, 5) is 0. The van der Waals surface area contributed by atoms with E-state index in [1.165, 1.54) is 0 Å². The van der Waals surface area contributed by atoms with Gasteiger partial charge in [-0.1, -0.05) is 0 Å². The molecule has 0 aromatic heterocycles. The number of aliphatic hydroxyl groups excluding tert-OH is 1. The summed E-state index contributed by atoms with van der Waals surface area (Å²) in [7, 11) is 3.45. The van der Waals surface area contributed by atoms with Crippen LogP contribution in [0.5, 0.6) is 11.5 Å². The molecule has 0 aliphatic rings. The third kappa shape index (κ3) is 3.32. The van der Waals surface area contributed by atoms with E-state index in [2.05, 4.69) is 5.32 Å². The van der Waals surface area contributed by atoms with Gasteiger partial charge in [0.15, 0.2) is 11.5 Å². The van der Waals surface area contributed by atoms with E-state index in [0.717, 1.165) is 5.69 Å². The number of methoxy groups -OCH3 is 1. The van der Waals surface area contributed by atoms with Crippen LogP contribution in [0.1, 0.15) is 6.42 Å². The molecule has 0 aliphatic carbocycles. The van der Waals surface area contributed by atoms with Crippen molar-refractivity contribution in [1.82, 2.24) is 0 Å². The molecule has 0 radical (unpaired) electrons. The molecule has 0 saturated carbocycles. The van der Waals surface area contributed by atoms with Crippen molar-refractivity contribution in [2.75, 3.05) is 32.7 Å². The Balaban J connectivity index is 2.72. The summed E-state index contributed by atoms with van der Waals surface area (Å²) in [5, 5.41) is 11.7. The highest BCUT2D eigenvalue weighted by Crippen LogP contribution is 2.29. The predicted molar refractivity (Wildman–Crippen MR) is 59.7 cm³/mol. The molecular weight excluding hydrogens is 194 g/mol. The molecule has 1 rings (SSSR count). The normalized spacial score (nSPS) is 9.80. The lowest BCUT2D eigenvalue weighted by Crippen LogP contribution is -2.01. The molecule has 0 saturated heterocycles. The van der Waals surface area contributed by atoms with E-state index in [-0.39, 0.29) is 6.61 Å². The maximum Gasteiger partial charge on any atom is 0.163 e. The zero-order valence-corrected chi connectivity index (χ0v) is 9.12. The van der Waals surface area contributed by atoms with Gasteiger partial charge >= 0.3 is 0 Å². The molecule has 15 heavy (non-hydrogen) atoms. The molecule has 0 bridgehead atoms. The summed E-state index contributed by atoms with van der Waals surface area (Å²) in [6, 6.07) is 5.63. The quantitative estimate of drug-likeness (QED) is 0.700.